The van der Waals surface area contributed by atoms with Crippen LogP contribution in [0.3, 0.4) is 0 Å². The summed E-state index contributed by atoms with van der Waals surface area (Å²) in [5.41, 5.74) is 10.0. The summed E-state index contributed by atoms with van der Waals surface area (Å²) in [6.45, 7) is 5.61. The molecule has 5 heteroatoms. The molecule has 0 radical (unpaired) electrons. The summed E-state index contributed by atoms with van der Waals surface area (Å²) in [7, 11) is 0. The second kappa shape index (κ2) is 4.70. The Morgan fingerprint density at radius 3 is 2.57 bits per heavy atom. The van der Waals surface area contributed by atoms with Crippen LogP contribution in [0.5, 0.6) is 0 Å². The molecular formula is C16H16N4O. The van der Waals surface area contributed by atoms with Gasteiger partial charge in [0.1, 0.15) is 5.82 Å². The molecule has 1 aromatic carbocycles. The highest BCUT2D eigenvalue weighted by Gasteiger charge is 2.18. The van der Waals surface area contributed by atoms with Gasteiger partial charge in [-0.2, -0.15) is 0 Å². The number of carbonyl (C=O) groups excluding carboxylic acids is 1. The van der Waals surface area contributed by atoms with Crippen molar-refractivity contribution in [1.29, 1.82) is 0 Å². The molecule has 0 aliphatic carbocycles. The van der Waals surface area contributed by atoms with Gasteiger partial charge in [0.25, 0.3) is 5.91 Å². The molecule has 0 aliphatic rings. The lowest BCUT2D eigenvalue weighted by Crippen LogP contribution is -2.18. The maximum absolute atomic E-state index is 11.8. The molecule has 0 saturated heterocycles. The zero-order valence-electron chi connectivity index (χ0n) is 12.2. The lowest BCUT2D eigenvalue weighted by Gasteiger charge is -2.14. The van der Waals surface area contributed by atoms with Gasteiger partial charge in [-0.15, -0.1) is 0 Å². The molecule has 0 atom stereocenters. The van der Waals surface area contributed by atoms with E-state index in [1.165, 1.54) is 0 Å². The molecule has 2 heterocycles. The van der Waals surface area contributed by atoms with Gasteiger partial charge in [-0.3, -0.25) is 14.3 Å². The lowest BCUT2D eigenvalue weighted by molar-refractivity contribution is 0.0999. The topological polar surface area (TPSA) is 73.8 Å². The van der Waals surface area contributed by atoms with Gasteiger partial charge < -0.3 is 5.73 Å². The van der Waals surface area contributed by atoms with Gasteiger partial charge in [0.15, 0.2) is 0 Å². The molecule has 5 nitrogen and oxygen atoms in total. The van der Waals surface area contributed by atoms with Crippen molar-refractivity contribution < 1.29 is 4.79 Å². The Bertz CT molecular complexity index is 864. The van der Waals surface area contributed by atoms with Crippen molar-refractivity contribution in [3.63, 3.8) is 0 Å². The number of hydrogen-bond acceptors (Lipinski definition) is 3. The predicted molar refractivity (Wildman–Crippen MR) is 81.6 cm³/mol. The third-order valence-corrected chi connectivity index (χ3v) is 3.52. The van der Waals surface area contributed by atoms with Gasteiger partial charge in [-0.05, 0) is 39.0 Å². The van der Waals surface area contributed by atoms with E-state index in [4.69, 9.17) is 5.73 Å². The maximum atomic E-state index is 11.8. The number of pyridine rings is 1. The first kappa shape index (κ1) is 13.3. The number of primary amides is 1. The highest BCUT2D eigenvalue weighted by atomic mass is 16.1. The first-order chi connectivity index (χ1) is 9.99. The molecule has 0 aliphatic heterocycles. The SMILES string of the molecule is Cc1cc(-n2c(C)nc3ccccc32)c(C(N)=O)c(C)n1. The Morgan fingerprint density at radius 2 is 1.86 bits per heavy atom. The number of fused-ring (bicyclic) bond motifs is 1. The number of hydrogen-bond donors (Lipinski definition) is 1. The molecule has 0 bridgehead atoms. The van der Waals surface area contributed by atoms with E-state index in [-0.39, 0.29) is 0 Å². The summed E-state index contributed by atoms with van der Waals surface area (Å²) in [5, 5.41) is 0. The van der Waals surface area contributed by atoms with Crippen LogP contribution in [0.4, 0.5) is 0 Å². The van der Waals surface area contributed by atoms with E-state index in [1.807, 2.05) is 48.7 Å². The summed E-state index contributed by atoms with van der Waals surface area (Å²) in [6.07, 6.45) is 0. The minimum atomic E-state index is -0.479. The van der Waals surface area contributed by atoms with E-state index < -0.39 is 5.91 Å². The summed E-state index contributed by atoms with van der Waals surface area (Å²) in [6, 6.07) is 9.69. The third-order valence-electron chi connectivity index (χ3n) is 3.52. The monoisotopic (exact) mass is 280 g/mol. The van der Waals surface area contributed by atoms with Crippen LogP contribution in [0, 0.1) is 20.8 Å². The van der Waals surface area contributed by atoms with Crippen LogP contribution in [0.2, 0.25) is 0 Å². The van der Waals surface area contributed by atoms with E-state index >= 15 is 0 Å². The number of para-hydroxylation sites is 2. The second-order valence-electron chi connectivity index (χ2n) is 5.09. The highest BCUT2D eigenvalue weighted by molar-refractivity contribution is 5.98. The van der Waals surface area contributed by atoms with Gasteiger partial charge in [-0.25, -0.2) is 4.98 Å². The fourth-order valence-electron chi connectivity index (χ4n) is 2.74. The molecule has 0 spiro atoms. The number of benzene rings is 1. The van der Waals surface area contributed by atoms with Crippen molar-refractivity contribution in [3.8, 4) is 5.69 Å². The molecular weight excluding hydrogens is 264 g/mol. The first-order valence-corrected chi connectivity index (χ1v) is 6.71. The van der Waals surface area contributed by atoms with Gasteiger partial charge in [-0.1, -0.05) is 12.1 Å². The van der Waals surface area contributed by atoms with Gasteiger partial charge in [0.2, 0.25) is 0 Å². The number of amides is 1. The number of carbonyl (C=O) groups is 1. The number of nitrogens with zero attached hydrogens (tertiary/aromatic N) is 3. The average Bonchev–Trinajstić information content (AvgIpc) is 2.72. The summed E-state index contributed by atoms with van der Waals surface area (Å²) >= 11 is 0. The van der Waals surface area contributed by atoms with Crippen LogP contribution in [0.15, 0.2) is 30.3 Å². The Hall–Kier alpha value is -2.69. The first-order valence-electron chi connectivity index (χ1n) is 6.71. The minimum absolute atomic E-state index is 0.437. The largest absolute Gasteiger partial charge is 0.365 e. The average molecular weight is 280 g/mol. The van der Waals surface area contributed by atoms with Gasteiger partial charge in [0.05, 0.1) is 28.0 Å². The van der Waals surface area contributed by atoms with Crippen LogP contribution in [0.25, 0.3) is 16.7 Å². The minimum Gasteiger partial charge on any atom is -0.365 e. The molecule has 2 N–H and O–H groups in total. The number of imidazole rings is 1. The fraction of sp³-hybridized carbons (Fsp3) is 0.188. The van der Waals surface area contributed by atoms with Crippen molar-refractivity contribution in [1.82, 2.24) is 14.5 Å². The van der Waals surface area contributed by atoms with Crippen LogP contribution in [-0.4, -0.2) is 20.4 Å². The fourth-order valence-corrected chi connectivity index (χ4v) is 2.74. The van der Waals surface area contributed by atoms with Crippen molar-refractivity contribution in [2.45, 2.75) is 20.8 Å². The van der Waals surface area contributed by atoms with Crippen molar-refractivity contribution in [2.75, 3.05) is 0 Å². The molecule has 2 aromatic heterocycles. The van der Waals surface area contributed by atoms with Crippen LogP contribution < -0.4 is 5.73 Å². The van der Waals surface area contributed by atoms with E-state index in [0.29, 0.717) is 11.3 Å². The Kier molecular flexibility index (Phi) is 2.97. The molecule has 0 saturated carbocycles. The number of nitrogens with two attached hydrogens (primary N) is 1. The third kappa shape index (κ3) is 2.07. The van der Waals surface area contributed by atoms with E-state index in [1.54, 1.807) is 6.92 Å². The normalized spacial score (nSPS) is 11.0. The lowest BCUT2D eigenvalue weighted by atomic mass is 10.1. The molecule has 0 fully saturated rings. The van der Waals surface area contributed by atoms with E-state index in [0.717, 1.165) is 28.2 Å². The zero-order chi connectivity index (χ0) is 15.1. The summed E-state index contributed by atoms with van der Waals surface area (Å²) in [5.74, 6) is 0.330. The van der Waals surface area contributed by atoms with Crippen LogP contribution >= 0.6 is 0 Å². The van der Waals surface area contributed by atoms with Crippen LogP contribution in [0.1, 0.15) is 27.6 Å². The highest BCUT2D eigenvalue weighted by Crippen LogP contribution is 2.25. The summed E-state index contributed by atoms with van der Waals surface area (Å²) < 4.78 is 1.96. The van der Waals surface area contributed by atoms with Crippen molar-refractivity contribution in [2.24, 2.45) is 5.73 Å². The van der Waals surface area contributed by atoms with Crippen molar-refractivity contribution >= 4 is 16.9 Å². The standard InChI is InChI=1S/C16H16N4O/c1-9-8-14(15(16(17)21)10(2)18-9)20-11(3)19-12-6-4-5-7-13(12)20/h4-8H,1-3H3,(H2,17,21). The number of rotatable bonds is 2. The zero-order valence-corrected chi connectivity index (χ0v) is 12.2. The maximum Gasteiger partial charge on any atom is 0.252 e. The number of aromatic nitrogens is 3. The molecule has 106 valence electrons. The van der Waals surface area contributed by atoms with Crippen LogP contribution in [-0.2, 0) is 0 Å². The summed E-state index contributed by atoms with van der Waals surface area (Å²) in [4.78, 5) is 20.7. The van der Waals surface area contributed by atoms with Gasteiger partial charge in [0, 0.05) is 5.69 Å². The Balaban J connectivity index is 2.43. The van der Waals surface area contributed by atoms with E-state index in [9.17, 15) is 4.79 Å². The molecule has 1 amide bonds. The van der Waals surface area contributed by atoms with E-state index in [2.05, 4.69) is 9.97 Å². The predicted octanol–water partition coefficient (Wildman–Crippen LogP) is 2.44. The van der Waals surface area contributed by atoms with Crippen molar-refractivity contribution in [3.05, 3.63) is 53.1 Å². The second-order valence-corrected chi connectivity index (χ2v) is 5.09. The molecule has 3 rings (SSSR count). The molecule has 3 aromatic rings. The molecule has 0 unspecified atom stereocenters. The molecule has 21 heavy (non-hydrogen) atoms. The number of aryl methyl sites for hydroxylation is 3. The quantitative estimate of drug-likeness (QED) is 0.783. The smallest absolute Gasteiger partial charge is 0.252 e. The Labute approximate surface area is 122 Å². The Morgan fingerprint density at radius 1 is 1.14 bits per heavy atom. The van der Waals surface area contributed by atoms with Gasteiger partial charge >= 0.3 is 0 Å².